The van der Waals surface area contributed by atoms with Crippen molar-refractivity contribution in [1.82, 2.24) is 14.9 Å². The Balaban J connectivity index is 1.80. The van der Waals surface area contributed by atoms with E-state index >= 15 is 0 Å². The predicted octanol–water partition coefficient (Wildman–Crippen LogP) is 1.94. The van der Waals surface area contributed by atoms with E-state index < -0.39 is 0 Å². The molecule has 1 fully saturated rings. The second-order valence-electron chi connectivity index (χ2n) is 5.70. The van der Waals surface area contributed by atoms with Crippen molar-refractivity contribution < 1.29 is 4.79 Å². The molecule has 120 valence electrons. The van der Waals surface area contributed by atoms with Crippen LogP contribution in [0, 0.1) is 6.92 Å². The first-order chi connectivity index (χ1) is 11.0. The number of carbonyl (C=O) groups excluding carboxylic acids is 1. The summed E-state index contributed by atoms with van der Waals surface area (Å²) in [6.45, 7) is 2.96. The quantitative estimate of drug-likeness (QED) is 0.879. The van der Waals surface area contributed by atoms with Gasteiger partial charge in [-0.3, -0.25) is 14.6 Å². The molecule has 1 aliphatic heterocycles. The molecule has 0 spiro atoms. The standard InChI is InChI=1S/C16H17ClN4O2/c1-9-11(3-2-4-12(9)17)15(23)21-6-5-10(8-21)13-7-14(22)20-16(18)19-13/h2-4,7,10H,5-6,8H2,1H3,(H3,18,19,20,22). The van der Waals surface area contributed by atoms with Gasteiger partial charge in [-0.25, -0.2) is 4.98 Å². The number of H-pyrrole nitrogens is 1. The van der Waals surface area contributed by atoms with Crippen LogP contribution in [0.25, 0.3) is 0 Å². The van der Waals surface area contributed by atoms with Gasteiger partial charge in [-0.05, 0) is 31.0 Å². The van der Waals surface area contributed by atoms with Gasteiger partial charge < -0.3 is 10.6 Å². The fourth-order valence-electron chi connectivity index (χ4n) is 2.90. The molecule has 1 atom stereocenters. The average Bonchev–Trinajstić information content (AvgIpc) is 2.98. The summed E-state index contributed by atoms with van der Waals surface area (Å²) in [6.07, 6.45) is 0.751. The van der Waals surface area contributed by atoms with Gasteiger partial charge in [-0.2, -0.15) is 0 Å². The monoisotopic (exact) mass is 332 g/mol. The molecular formula is C16H17ClN4O2. The summed E-state index contributed by atoms with van der Waals surface area (Å²) in [5, 5.41) is 0.579. The van der Waals surface area contributed by atoms with Crippen molar-refractivity contribution in [2.24, 2.45) is 0 Å². The molecule has 3 rings (SSSR count). The normalized spacial score (nSPS) is 17.5. The number of nitrogens with zero attached hydrogens (tertiary/aromatic N) is 2. The average molecular weight is 333 g/mol. The van der Waals surface area contributed by atoms with Gasteiger partial charge in [0.05, 0.1) is 5.69 Å². The molecule has 2 aromatic rings. The van der Waals surface area contributed by atoms with E-state index in [1.54, 1.807) is 23.1 Å². The maximum absolute atomic E-state index is 12.7. The summed E-state index contributed by atoms with van der Waals surface area (Å²) in [5.41, 5.74) is 7.33. The highest BCUT2D eigenvalue weighted by molar-refractivity contribution is 6.31. The molecule has 1 aliphatic rings. The molecule has 1 aromatic heterocycles. The van der Waals surface area contributed by atoms with Gasteiger partial charge in [-0.15, -0.1) is 0 Å². The first-order valence-corrected chi connectivity index (χ1v) is 7.74. The molecule has 3 N–H and O–H groups in total. The van der Waals surface area contributed by atoms with Gasteiger partial charge in [0, 0.05) is 35.7 Å². The van der Waals surface area contributed by atoms with Crippen LogP contribution in [-0.2, 0) is 0 Å². The summed E-state index contributed by atoms with van der Waals surface area (Å²) < 4.78 is 0. The molecule has 1 amide bonds. The number of carbonyl (C=O) groups is 1. The Hall–Kier alpha value is -2.34. The Morgan fingerprint density at radius 2 is 2.26 bits per heavy atom. The van der Waals surface area contributed by atoms with Crippen LogP contribution >= 0.6 is 11.6 Å². The number of amides is 1. The third-order valence-corrected chi connectivity index (χ3v) is 4.58. The van der Waals surface area contributed by atoms with Crippen LogP contribution in [0.3, 0.4) is 0 Å². The second kappa shape index (κ2) is 6.04. The van der Waals surface area contributed by atoms with Crippen molar-refractivity contribution in [3.63, 3.8) is 0 Å². The molecule has 1 aromatic carbocycles. The number of hydrogen-bond donors (Lipinski definition) is 2. The molecule has 6 nitrogen and oxygen atoms in total. The van der Waals surface area contributed by atoms with E-state index in [-0.39, 0.29) is 23.3 Å². The van der Waals surface area contributed by atoms with Crippen molar-refractivity contribution in [3.8, 4) is 0 Å². The molecule has 1 unspecified atom stereocenters. The van der Waals surface area contributed by atoms with E-state index in [0.29, 0.717) is 29.4 Å². The lowest BCUT2D eigenvalue weighted by Crippen LogP contribution is -2.29. The topological polar surface area (TPSA) is 92.1 Å². The number of nitrogen functional groups attached to an aromatic ring is 1. The molecule has 0 bridgehead atoms. The second-order valence-corrected chi connectivity index (χ2v) is 6.11. The van der Waals surface area contributed by atoms with Crippen LogP contribution in [-0.4, -0.2) is 33.9 Å². The highest BCUT2D eigenvalue weighted by Gasteiger charge is 2.30. The molecule has 2 heterocycles. The predicted molar refractivity (Wildman–Crippen MR) is 88.7 cm³/mol. The molecule has 23 heavy (non-hydrogen) atoms. The Kier molecular flexibility index (Phi) is 4.09. The zero-order valence-corrected chi connectivity index (χ0v) is 13.4. The molecule has 1 saturated heterocycles. The summed E-state index contributed by atoms with van der Waals surface area (Å²) in [5.74, 6) is 0.0660. The molecule has 0 saturated carbocycles. The minimum Gasteiger partial charge on any atom is -0.369 e. The highest BCUT2D eigenvalue weighted by atomic mass is 35.5. The number of likely N-dealkylation sites (tertiary alicyclic amines) is 1. The van der Waals surface area contributed by atoms with Crippen LogP contribution < -0.4 is 11.3 Å². The highest BCUT2D eigenvalue weighted by Crippen LogP contribution is 2.28. The zero-order valence-electron chi connectivity index (χ0n) is 12.7. The number of aromatic amines is 1. The van der Waals surface area contributed by atoms with E-state index in [9.17, 15) is 9.59 Å². The van der Waals surface area contributed by atoms with E-state index in [1.807, 2.05) is 6.92 Å². The van der Waals surface area contributed by atoms with Gasteiger partial charge in [-0.1, -0.05) is 17.7 Å². The van der Waals surface area contributed by atoms with Gasteiger partial charge in [0.15, 0.2) is 0 Å². The van der Waals surface area contributed by atoms with Crippen molar-refractivity contribution in [3.05, 3.63) is 56.5 Å². The summed E-state index contributed by atoms with van der Waals surface area (Å²) in [4.78, 5) is 32.6. The van der Waals surface area contributed by atoms with Crippen molar-refractivity contribution in [2.75, 3.05) is 18.8 Å². The zero-order chi connectivity index (χ0) is 16.6. The number of anilines is 1. The number of benzene rings is 1. The SMILES string of the molecule is Cc1c(Cl)cccc1C(=O)N1CCC(c2cc(=O)[nH]c(N)n2)C1. The Bertz CT molecular complexity index is 818. The Morgan fingerprint density at radius 1 is 1.48 bits per heavy atom. The minimum absolute atomic E-state index is 0.0167. The third kappa shape index (κ3) is 3.07. The van der Waals surface area contributed by atoms with Gasteiger partial charge in [0.25, 0.3) is 11.5 Å². The van der Waals surface area contributed by atoms with Gasteiger partial charge in [0.2, 0.25) is 5.95 Å². The van der Waals surface area contributed by atoms with Crippen LogP contribution in [0.1, 0.15) is 34.0 Å². The van der Waals surface area contributed by atoms with Gasteiger partial charge in [0.1, 0.15) is 0 Å². The van der Waals surface area contributed by atoms with E-state index in [2.05, 4.69) is 9.97 Å². The van der Waals surface area contributed by atoms with E-state index in [4.69, 9.17) is 17.3 Å². The van der Waals surface area contributed by atoms with Crippen molar-refractivity contribution >= 4 is 23.5 Å². The first kappa shape index (κ1) is 15.6. The minimum atomic E-state index is -0.275. The Morgan fingerprint density at radius 3 is 3.00 bits per heavy atom. The molecule has 0 radical (unpaired) electrons. The lowest BCUT2D eigenvalue weighted by atomic mass is 10.0. The summed E-state index contributed by atoms with van der Waals surface area (Å²) in [7, 11) is 0. The fraction of sp³-hybridized carbons (Fsp3) is 0.312. The van der Waals surface area contributed by atoms with Crippen molar-refractivity contribution in [1.29, 1.82) is 0 Å². The summed E-state index contributed by atoms with van der Waals surface area (Å²) in [6, 6.07) is 6.76. The van der Waals surface area contributed by atoms with Crippen LogP contribution in [0.5, 0.6) is 0 Å². The molecule has 7 heteroatoms. The van der Waals surface area contributed by atoms with Crippen LogP contribution in [0.15, 0.2) is 29.1 Å². The maximum atomic E-state index is 12.7. The van der Waals surface area contributed by atoms with Crippen molar-refractivity contribution in [2.45, 2.75) is 19.3 Å². The maximum Gasteiger partial charge on any atom is 0.254 e. The summed E-state index contributed by atoms with van der Waals surface area (Å²) >= 11 is 6.09. The van der Waals surface area contributed by atoms with E-state index in [1.165, 1.54) is 6.07 Å². The number of halogens is 1. The Labute approximate surface area is 138 Å². The fourth-order valence-corrected chi connectivity index (χ4v) is 3.08. The number of nitrogens with one attached hydrogen (secondary N) is 1. The van der Waals surface area contributed by atoms with E-state index in [0.717, 1.165) is 12.0 Å². The lowest BCUT2D eigenvalue weighted by Gasteiger charge is -2.18. The number of rotatable bonds is 2. The van der Waals surface area contributed by atoms with Crippen LogP contribution in [0.4, 0.5) is 5.95 Å². The first-order valence-electron chi connectivity index (χ1n) is 7.37. The van der Waals surface area contributed by atoms with Crippen LogP contribution in [0.2, 0.25) is 5.02 Å². The number of nitrogens with two attached hydrogens (primary N) is 1. The molecular weight excluding hydrogens is 316 g/mol. The number of aromatic nitrogens is 2. The van der Waals surface area contributed by atoms with Gasteiger partial charge >= 0.3 is 0 Å². The third-order valence-electron chi connectivity index (χ3n) is 4.17. The lowest BCUT2D eigenvalue weighted by molar-refractivity contribution is 0.0790. The molecule has 0 aliphatic carbocycles. The smallest absolute Gasteiger partial charge is 0.254 e. The largest absolute Gasteiger partial charge is 0.369 e. The number of hydrogen-bond acceptors (Lipinski definition) is 4.